The van der Waals surface area contributed by atoms with Gasteiger partial charge in [0.25, 0.3) is 0 Å². The fourth-order valence-corrected chi connectivity index (χ4v) is 7.68. The molecule has 2 aliphatic carbocycles. The van der Waals surface area contributed by atoms with Gasteiger partial charge < -0.3 is 9.52 Å². The molecule has 0 aliphatic heterocycles. The van der Waals surface area contributed by atoms with E-state index in [0.29, 0.717) is 5.75 Å². The van der Waals surface area contributed by atoms with E-state index < -0.39 is 0 Å². The zero-order chi connectivity index (χ0) is 23.2. The first-order valence-corrected chi connectivity index (χ1v) is 12.0. The fraction of sp³-hybridized carbons (Fsp3) is 0.355. The molecule has 1 heterocycles. The summed E-state index contributed by atoms with van der Waals surface area (Å²) in [4.78, 5) is 0. The number of aromatic hydroxyl groups is 1. The zero-order valence-electron chi connectivity index (χ0n) is 20.3. The smallest absolute Gasteiger partial charge is 0.134 e. The molecule has 0 saturated heterocycles. The molecule has 2 nitrogen and oxygen atoms in total. The molecule has 4 aromatic rings. The van der Waals surface area contributed by atoms with E-state index in [4.69, 9.17) is 4.42 Å². The van der Waals surface area contributed by atoms with Crippen molar-refractivity contribution in [3.05, 3.63) is 77.6 Å². The molecule has 1 fully saturated rings. The van der Waals surface area contributed by atoms with Gasteiger partial charge in [0, 0.05) is 16.4 Å². The van der Waals surface area contributed by atoms with E-state index in [1.807, 2.05) is 12.1 Å². The normalized spacial score (nSPS) is 19.5. The quantitative estimate of drug-likeness (QED) is 0.324. The van der Waals surface area contributed by atoms with Crippen molar-refractivity contribution in [2.24, 2.45) is 10.8 Å². The minimum atomic E-state index is -0.0730. The standard InChI is InChI=1S/C31H32O2/c1-19-13-23-22(14-21(19)27-11-8-12-33-27)26(32)15-25-28(23)20-9-6-7-10-24(20)31(25)17-29(2,3)16-30(4,5)18-31/h6-15,32H,16-18H2,1-5H3. The van der Waals surface area contributed by atoms with Crippen LogP contribution in [0.1, 0.15) is 63.6 Å². The summed E-state index contributed by atoms with van der Waals surface area (Å²) in [6.07, 6.45) is 5.11. The fourth-order valence-electron chi connectivity index (χ4n) is 7.68. The number of phenolic OH excluding ortho intramolecular Hbond substituents is 1. The maximum absolute atomic E-state index is 11.4. The molecule has 3 aromatic carbocycles. The second kappa shape index (κ2) is 6.53. The average molecular weight is 437 g/mol. The molecule has 2 aliphatic rings. The molecule has 1 spiro atoms. The van der Waals surface area contributed by atoms with Crippen LogP contribution >= 0.6 is 0 Å². The molecular formula is C31H32O2. The van der Waals surface area contributed by atoms with Crippen molar-refractivity contribution in [3.8, 4) is 28.2 Å². The Bertz CT molecular complexity index is 1390. The predicted molar refractivity (Wildman–Crippen MR) is 136 cm³/mol. The molecule has 1 N–H and O–H groups in total. The van der Waals surface area contributed by atoms with Crippen LogP contribution in [0.4, 0.5) is 0 Å². The number of aryl methyl sites for hydroxylation is 1. The number of rotatable bonds is 1. The van der Waals surface area contributed by atoms with Crippen LogP contribution in [-0.2, 0) is 5.41 Å². The lowest BCUT2D eigenvalue weighted by Crippen LogP contribution is -2.43. The van der Waals surface area contributed by atoms with Crippen molar-refractivity contribution >= 4 is 10.8 Å². The largest absolute Gasteiger partial charge is 0.507 e. The van der Waals surface area contributed by atoms with Crippen molar-refractivity contribution in [3.63, 3.8) is 0 Å². The van der Waals surface area contributed by atoms with Gasteiger partial charge in [-0.15, -0.1) is 0 Å². The molecule has 33 heavy (non-hydrogen) atoms. The zero-order valence-corrected chi connectivity index (χ0v) is 20.3. The summed E-state index contributed by atoms with van der Waals surface area (Å²) in [6, 6.07) is 19.3. The highest BCUT2D eigenvalue weighted by molar-refractivity contribution is 6.07. The topological polar surface area (TPSA) is 33.4 Å². The number of hydrogen-bond donors (Lipinski definition) is 1. The van der Waals surface area contributed by atoms with Gasteiger partial charge in [0.2, 0.25) is 0 Å². The Kier molecular flexibility index (Phi) is 4.08. The second-order valence-electron chi connectivity index (χ2n) is 12.0. The van der Waals surface area contributed by atoms with E-state index in [1.165, 1.54) is 28.7 Å². The number of hydrogen-bond acceptors (Lipinski definition) is 2. The maximum Gasteiger partial charge on any atom is 0.134 e. The van der Waals surface area contributed by atoms with Crippen LogP contribution in [0.3, 0.4) is 0 Å². The number of fused-ring (bicyclic) bond motifs is 7. The molecule has 2 heteroatoms. The molecule has 0 amide bonds. The van der Waals surface area contributed by atoms with E-state index in [1.54, 1.807) is 6.26 Å². The van der Waals surface area contributed by atoms with E-state index >= 15 is 0 Å². The summed E-state index contributed by atoms with van der Waals surface area (Å²) >= 11 is 0. The Morgan fingerprint density at radius 1 is 0.758 bits per heavy atom. The van der Waals surface area contributed by atoms with Crippen LogP contribution in [0.2, 0.25) is 0 Å². The van der Waals surface area contributed by atoms with Gasteiger partial charge in [-0.3, -0.25) is 0 Å². The van der Waals surface area contributed by atoms with E-state index in [-0.39, 0.29) is 16.2 Å². The van der Waals surface area contributed by atoms with Crippen molar-refractivity contribution in [2.45, 2.75) is 59.3 Å². The minimum absolute atomic E-state index is 0.0730. The van der Waals surface area contributed by atoms with Crippen LogP contribution in [0, 0.1) is 17.8 Å². The minimum Gasteiger partial charge on any atom is -0.507 e. The first kappa shape index (κ1) is 20.6. The summed E-state index contributed by atoms with van der Waals surface area (Å²) in [7, 11) is 0. The molecular weight excluding hydrogens is 404 g/mol. The molecule has 1 saturated carbocycles. The molecule has 1 aromatic heterocycles. The van der Waals surface area contributed by atoms with E-state index in [9.17, 15) is 5.11 Å². The molecule has 0 bridgehead atoms. The Balaban J connectivity index is 1.70. The van der Waals surface area contributed by atoms with Gasteiger partial charge in [0.05, 0.1) is 6.26 Å². The third-order valence-corrected chi connectivity index (χ3v) is 7.99. The third kappa shape index (κ3) is 2.93. The Hall–Kier alpha value is -3.00. The molecule has 6 rings (SSSR count). The summed E-state index contributed by atoms with van der Waals surface area (Å²) < 4.78 is 5.69. The van der Waals surface area contributed by atoms with E-state index in [0.717, 1.165) is 40.5 Å². The summed E-state index contributed by atoms with van der Waals surface area (Å²) in [5, 5.41) is 13.4. The van der Waals surface area contributed by atoms with Crippen LogP contribution in [0.5, 0.6) is 5.75 Å². The first-order valence-electron chi connectivity index (χ1n) is 12.0. The van der Waals surface area contributed by atoms with Gasteiger partial charge >= 0.3 is 0 Å². The van der Waals surface area contributed by atoms with Gasteiger partial charge in [0.15, 0.2) is 0 Å². The van der Waals surface area contributed by atoms with Gasteiger partial charge in [-0.1, -0.05) is 52.0 Å². The van der Waals surface area contributed by atoms with Crippen molar-refractivity contribution in [2.75, 3.05) is 0 Å². The predicted octanol–water partition coefficient (Wildman–Crippen LogP) is 8.62. The average Bonchev–Trinajstić information content (AvgIpc) is 3.32. The van der Waals surface area contributed by atoms with Gasteiger partial charge in [-0.25, -0.2) is 0 Å². The Morgan fingerprint density at radius 2 is 1.48 bits per heavy atom. The van der Waals surface area contributed by atoms with E-state index in [2.05, 4.69) is 77.1 Å². The highest BCUT2D eigenvalue weighted by Crippen LogP contribution is 2.64. The number of benzene rings is 3. The number of phenols is 1. The molecule has 168 valence electrons. The van der Waals surface area contributed by atoms with Crippen LogP contribution in [-0.4, -0.2) is 5.11 Å². The van der Waals surface area contributed by atoms with Crippen molar-refractivity contribution in [1.82, 2.24) is 0 Å². The van der Waals surface area contributed by atoms with Crippen molar-refractivity contribution < 1.29 is 9.52 Å². The lowest BCUT2D eigenvalue weighted by atomic mass is 9.52. The lowest BCUT2D eigenvalue weighted by Gasteiger charge is -2.51. The summed E-state index contributed by atoms with van der Waals surface area (Å²) in [5.74, 6) is 1.20. The van der Waals surface area contributed by atoms with Gasteiger partial charge in [0.1, 0.15) is 11.5 Å². The molecule has 0 unspecified atom stereocenters. The summed E-state index contributed by atoms with van der Waals surface area (Å²) in [6.45, 7) is 11.8. The van der Waals surface area contributed by atoms with Crippen LogP contribution in [0.15, 0.2) is 65.3 Å². The van der Waals surface area contributed by atoms with Crippen LogP contribution < -0.4 is 0 Å². The Morgan fingerprint density at radius 3 is 2.18 bits per heavy atom. The molecule has 0 atom stereocenters. The Labute approximate surface area is 196 Å². The lowest BCUT2D eigenvalue weighted by molar-refractivity contribution is 0.0645. The van der Waals surface area contributed by atoms with Gasteiger partial charge in [-0.05, 0) is 101 Å². The highest BCUT2D eigenvalue weighted by atomic mass is 16.3. The molecule has 0 radical (unpaired) electrons. The van der Waals surface area contributed by atoms with Gasteiger partial charge in [-0.2, -0.15) is 0 Å². The SMILES string of the molecule is Cc1cc2c3c(cc(O)c2cc1-c1ccco1)C1(CC(C)(C)CC(C)(C)C1)c1ccccc1-3. The third-order valence-electron chi connectivity index (χ3n) is 7.99. The number of furan rings is 1. The first-order chi connectivity index (χ1) is 15.6. The van der Waals surface area contributed by atoms with Crippen LogP contribution in [0.25, 0.3) is 33.2 Å². The second-order valence-corrected chi connectivity index (χ2v) is 12.0. The monoisotopic (exact) mass is 436 g/mol. The maximum atomic E-state index is 11.4. The van der Waals surface area contributed by atoms with Crippen molar-refractivity contribution in [1.29, 1.82) is 0 Å². The highest BCUT2D eigenvalue weighted by Gasteiger charge is 2.53. The summed E-state index contributed by atoms with van der Waals surface area (Å²) in [5.41, 5.74) is 7.94.